The van der Waals surface area contributed by atoms with E-state index in [4.69, 9.17) is 5.73 Å². The average molecular weight is 260 g/mol. The third kappa shape index (κ3) is 2.60. The Labute approximate surface area is 115 Å². The molecule has 1 unspecified atom stereocenters. The van der Waals surface area contributed by atoms with E-state index in [9.17, 15) is 4.79 Å². The molecule has 1 heterocycles. The summed E-state index contributed by atoms with van der Waals surface area (Å²) in [5, 5.41) is 0. The smallest absolute Gasteiger partial charge is 0.256 e. The van der Waals surface area contributed by atoms with E-state index in [0.717, 1.165) is 24.2 Å². The monoisotopic (exact) mass is 260 g/mol. The highest BCUT2D eigenvalue weighted by molar-refractivity contribution is 6.01. The molecule has 1 amide bonds. The third-order valence-electron chi connectivity index (χ3n) is 3.84. The number of fused-ring (bicyclic) bond motifs is 1. The maximum atomic E-state index is 12.6. The number of benzene rings is 1. The molecule has 2 N–H and O–H groups in total. The topological polar surface area (TPSA) is 46.3 Å². The molecule has 3 heteroatoms. The van der Waals surface area contributed by atoms with Gasteiger partial charge in [0.05, 0.1) is 5.56 Å². The number of amides is 1. The molecule has 1 aliphatic heterocycles. The summed E-state index contributed by atoms with van der Waals surface area (Å²) in [5.41, 5.74) is 8.51. The summed E-state index contributed by atoms with van der Waals surface area (Å²) in [5.74, 6) is 1.46. The Morgan fingerprint density at radius 2 is 2.00 bits per heavy atom. The summed E-state index contributed by atoms with van der Waals surface area (Å²) in [4.78, 5) is 14.6. The normalized spacial score (nSPS) is 19.2. The highest BCUT2D eigenvalue weighted by Gasteiger charge is 2.34. The Hall–Kier alpha value is -1.51. The van der Waals surface area contributed by atoms with Crippen LogP contribution in [-0.4, -0.2) is 23.9 Å². The molecule has 104 valence electrons. The Kier molecular flexibility index (Phi) is 3.83. The largest absolute Gasteiger partial charge is 0.398 e. The summed E-state index contributed by atoms with van der Waals surface area (Å²) in [6, 6.07) is 5.84. The van der Waals surface area contributed by atoms with Crippen molar-refractivity contribution < 1.29 is 4.79 Å². The van der Waals surface area contributed by atoms with E-state index in [1.807, 2.05) is 17.0 Å². The molecule has 0 radical (unpaired) electrons. The van der Waals surface area contributed by atoms with E-state index < -0.39 is 0 Å². The molecule has 0 saturated heterocycles. The van der Waals surface area contributed by atoms with Crippen LogP contribution in [0.15, 0.2) is 18.2 Å². The second kappa shape index (κ2) is 5.24. The lowest BCUT2D eigenvalue weighted by atomic mass is 9.81. The van der Waals surface area contributed by atoms with Crippen LogP contribution in [0, 0.1) is 11.8 Å². The predicted molar refractivity (Wildman–Crippen MR) is 79.2 cm³/mol. The fraction of sp³-hybridized carbons (Fsp3) is 0.562. The van der Waals surface area contributed by atoms with Crippen molar-refractivity contribution >= 4 is 11.6 Å². The van der Waals surface area contributed by atoms with Crippen molar-refractivity contribution in [3.63, 3.8) is 0 Å². The first kappa shape index (κ1) is 13.9. The molecule has 2 rings (SSSR count). The Morgan fingerprint density at radius 3 is 2.58 bits per heavy atom. The standard InChI is InChI=1S/C16H24N2O/c1-10(2)8-18-9-13(11(3)4)12-6-5-7-14(17)15(12)16(18)19/h5-7,10-11,13H,8-9,17H2,1-4H3. The number of carbonyl (C=O) groups excluding carboxylic acids is 1. The maximum Gasteiger partial charge on any atom is 0.256 e. The van der Waals surface area contributed by atoms with Gasteiger partial charge in [-0.25, -0.2) is 0 Å². The molecule has 0 fully saturated rings. The zero-order chi connectivity index (χ0) is 14.2. The molecular weight excluding hydrogens is 236 g/mol. The first-order chi connectivity index (χ1) is 8.91. The Bertz CT molecular complexity index is 480. The highest BCUT2D eigenvalue weighted by atomic mass is 16.2. The minimum Gasteiger partial charge on any atom is -0.398 e. The molecule has 0 bridgehead atoms. The molecule has 1 atom stereocenters. The Balaban J connectivity index is 2.45. The lowest BCUT2D eigenvalue weighted by Crippen LogP contribution is -2.43. The van der Waals surface area contributed by atoms with Crippen LogP contribution in [0.1, 0.15) is 49.5 Å². The summed E-state index contributed by atoms with van der Waals surface area (Å²) < 4.78 is 0. The van der Waals surface area contributed by atoms with Crippen molar-refractivity contribution in [3.8, 4) is 0 Å². The second-order valence-corrected chi connectivity index (χ2v) is 6.27. The van der Waals surface area contributed by atoms with Crippen LogP contribution >= 0.6 is 0 Å². The molecule has 1 aliphatic rings. The van der Waals surface area contributed by atoms with Gasteiger partial charge in [-0.1, -0.05) is 39.8 Å². The van der Waals surface area contributed by atoms with E-state index in [-0.39, 0.29) is 5.91 Å². The molecular formula is C16H24N2O. The number of hydrogen-bond donors (Lipinski definition) is 1. The fourth-order valence-corrected chi connectivity index (χ4v) is 2.89. The van der Waals surface area contributed by atoms with Crippen LogP contribution < -0.4 is 5.73 Å². The fourth-order valence-electron chi connectivity index (χ4n) is 2.89. The molecule has 0 aromatic heterocycles. The van der Waals surface area contributed by atoms with Crippen molar-refractivity contribution in [2.24, 2.45) is 11.8 Å². The van der Waals surface area contributed by atoms with Crippen LogP contribution in [0.2, 0.25) is 0 Å². The molecule has 0 aliphatic carbocycles. The van der Waals surface area contributed by atoms with E-state index in [0.29, 0.717) is 23.4 Å². The number of nitrogens with zero attached hydrogens (tertiary/aromatic N) is 1. The number of hydrogen-bond acceptors (Lipinski definition) is 2. The van der Waals surface area contributed by atoms with Crippen LogP contribution in [-0.2, 0) is 0 Å². The van der Waals surface area contributed by atoms with Crippen molar-refractivity contribution in [2.75, 3.05) is 18.8 Å². The molecule has 0 saturated carbocycles. The minimum absolute atomic E-state index is 0.0960. The van der Waals surface area contributed by atoms with Gasteiger partial charge in [0.2, 0.25) is 0 Å². The minimum atomic E-state index is 0.0960. The summed E-state index contributed by atoms with van der Waals surface area (Å²) >= 11 is 0. The third-order valence-corrected chi connectivity index (χ3v) is 3.84. The van der Waals surface area contributed by atoms with Crippen LogP contribution in [0.4, 0.5) is 5.69 Å². The van der Waals surface area contributed by atoms with Gasteiger partial charge in [0.25, 0.3) is 5.91 Å². The maximum absolute atomic E-state index is 12.6. The van der Waals surface area contributed by atoms with Gasteiger partial charge in [-0.05, 0) is 23.5 Å². The number of nitrogen functional groups attached to an aromatic ring is 1. The number of rotatable bonds is 3. The summed E-state index contributed by atoms with van der Waals surface area (Å²) in [6.07, 6.45) is 0. The SMILES string of the molecule is CC(C)CN1CC(C(C)C)c2cccc(N)c2C1=O. The van der Waals surface area contributed by atoms with Crippen molar-refractivity contribution in [1.82, 2.24) is 4.90 Å². The molecule has 1 aromatic carbocycles. The number of nitrogens with two attached hydrogens (primary N) is 1. The van der Waals surface area contributed by atoms with Crippen molar-refractivity contribution in [1.29, 1.82) is 0 Å². The molecule has 0 spiro atoms. The lowest BCUT2D eigenvalue weighted by Gasteiger charge is -2.37. The zero-order valence-corrected chi connectivity index (χ0v) is 12.3. The average Bonchev–Trinajstić information content (AvgIpc) is 2.31. The highest BCUT2D eigenvalue weighted by Crippen LogP contribution is 2.36. The Morgan fingerprint density at radius 1 is 1.32 bits per heavy atom. The zero-order valence-electron chi connectivity index (χ0n) is 12.3. The predicted octanol–water partition coefficient (Wildman–Crippen LogP) is 3.12. The van der Waals surface area contributed by atoms with Crippen LogP contribution in [0.5, 0.6) is 0 Å². The van der Waals surface area contributed by atoms with Gasteiger partial charge in [-0.2, -0.15) is 0 Å². The van der Waals surface area contributed by atoms with Gasteiger partial charge in [0.15, 0.2) is 0 Å². The van der Waals surface area contributed by atoms with Gasteiger partial charge < -0.3 is 10.6 Å². The molecule has 3 nitrogen and oxygen atoms in total. The van der Waals surface area contributed by atoms with Gasteiger partial charge in [0.1, 0.15) is 0 Å². The molecule has 1 aromatic rings. The second-order valence-electron chi connectivity index (χ2n) is 6.27. The first-order valence-electron chi connectivity index (χ1n) is 7.09. The number of anilines is 1. The summed E-state index contributed by atoms with van der Waals surface area (Å²) in [6.45, 7) is 10.3. The van der Waals surface area contributed by atoms with E-state index >= 15 is 0 Å². The van der Waals surface area contributed by atoms with E-state index in [2.05, 4.69) is 33.8 Å². The quantitative estimate of drug-likeness (QED) is 0.849. The number of carbonyl (C=O) groups is 1. The van der Waals surface area contributed by atoms with Gasteiger partial charge in [-0.3, -0.25) is 4.79 Å². The van der Waals surface area contributed by atoms with Crippen LogP contribution in [0.3, 0.4) is 0 Å². The van der Waals surface area contributed by atoms with E-state index in [1.54, 1.807) is 0 Å². The van der Waals surface area contributed by atoms with Gasteiger partial charge in [-0.15, -0.1) is 0 Å². The lowest BCUT2D eigenvalue weighted by molar-refractivity contribution is 0.0688. The van der Waals surface area contributed by atoms with Gasteiger partial charge in [0, 0.05) is 24.7 Å². The molecule has 19 heavy (non-hydrogen) atoms. The van der Waals surface area contributed by atoms with E-state index in [1.165, 1.54) is 0 Å². The van der Waals surface area contributed by atoms with Crippen LogP contribution in [0.25, 0.3) is 0 Å². The van der Waals surface area contributed by atoms with Crippen molar-refractivity contribution in [3.05, 3.63) is 29.3 Å². The first-order valence-corrected chi connectivity index (χ1v) is 7.09. The van der Waals surface area contributed by atoms with Gasteiger partial charge >= 0.3 is 0 Å². The van der Waals surface area contributed by atoms with Crippen molar-refractivity contribution in [2.45, 2.75) is 33.6 Å². The summed E-state index contributed by atoms with van der Waals surface area (Å²) in [7, 11) is 0.